The van der Waals surface area contributed by atoms with E-state index in [-0.39, 0.29) is 41.1 Å². The smallest absolute Gasteiger partial charge is 0.234 e. The minimum atomic E-state index is -0.554. The summed E-state index contributed by atoms with van der Waals surface area (Å²) in [5.41, 5.74) is -0.783. The van der Waals surface area contributed by atoms with Crippen LogP contribution in [0.5, 0.6) is 0 Å². The molecule has 1 aliphatic carbocycles. The zero-order chi connectivity index (χ0) is 18.3. The van der Waals surface area contributed by atoms with Crippen LogP contribution in [0.3, 0.4) is 0 Å². The van der Waals surface area contributed by atoms with Gasteiger partial charge >= 0.3 is 0 Å². The molecule has 0 aromatic carbocycles. The van der Waals surface area contributed by atoms with E-state index in [9.17, 15) is 9.59 Å². The number of imide groups is 1. The molecular weight excluding hydrogens is 302 g/mol. The van der Waals surface area contributed by atoms with Crippen LogP contribution in [0.4, 0.5) is 0 Å². The lowest BCUT2D eigenvalue weighted by Gasteiger charge is -2.36. The fourth-order valence-electron chi connectivity index (χ4n) is 4.02. The minimum Gasteiger partial charge on any atom is -0.376 e. The van der Waals surface area contributed by atoms with Crippen molar-refractivity contribution in [2.24, 2.45) is 23.7 Å². The number of carbonyl (C=O) groups is 2. The Morgan fingerprint density at radius 2 is 1.50 bits per heavy atom. The lowest BCUT2D eigenvalue weighted by molar-refractivity contribution is -0.148. The molecule has 1 saturated heterocycles. The SMILES string of the molecule is C=CC1CC(C=C)C2C(=O)N(C(C)(C)CCOC(C)(C)C)C(=O)C12. The second-order valence-corrected chi connectivity index (χ2v) is 8.62. The van der Waals surface area contributed by atoms with Crippen LogP contribution in [-0.4, -0.2) is 34.5 Å². The first-order valence-electron chi connectivity index (χ1n) is 8.80. The Hall–Kier alpha value is -1.42. The first-order valence-corrected chi connectivity index (χ1v) is 8.80. The molecule has 4 unspecified atom stereocenters. The Labute approximate surface area is 145 Å². The molecule has 134 valence electrons. The lowest BCUT2D eigenvalue weighted by atomic mass is 9.89. The van der Waals surface area contributed by atoms with Gasteiger partial charge in [0.25, 0.3) is 0 Å². The summed E-state index contributed by atoms with van der Waals surface area (Å²) < 4.78 is 5.79. The van der Waals surface area contributed by atoms with E-state index in [0.717, 1.165) is 6.42 Å². The molecule has 0 bridgehead atoms. The highest BCUT2D eigenvalue weighted by Crippen LogP contribution is 2.50. The van der Waals surface area contributed by atoms with Crippen molar-refractivity contribution in [3.63, 3.8) is 0 Å². The van der Waals surface area contributed by atoms with Gasteiger partial charge in [0.1, 0.15) is 0 Å². The van der Waals surface area contributed by atoms with E-state index in [0.29, 0.717) is 13.0 Å². The normalized spacial score (nSPS) is 30.6. The van der Waals surface area contributed by atoms with Gasteiger partial charge in [0.15, 0.2) is 0 Å². The van der Waals surface area contributed by atoms with E-state index in [4.69, 9.17) is 4.74 Å². The second kappa shape index (κ2) is 6.47. The van der Waals surface area contributed by atoms with Crippen molar-refractivity contribution in [3.05, 3.63) is 25.3 Å². The van der Waals surface area contributed by atoms with Gasteiger partial charge in [0.05, 0.1) is 17.4 Å². The average molecular weight is 333 g/mol. The highest BCUT2D eigenvalue weighted by atomic mass is 16.5. The van der Waals surface area contributed by atoms with Gasteiger partial charge in [-0.15, -0.1) is 13.2 Å². The van der Waals surface area contributed by atoms with Crippen molar-refractivity contribution in [3.8, 4) is 0 Å². The van der Waals surface area contributed by atoms with Gasteiger partial charge in [-0.25, -0.2) is 0 Å². The molecule has 4 nitrogen and oxygen atoms in total. The summed E-state index contributed by atoms with van der Waals surface area (Å²) in [5.74, 6) is -0.552. The molecule has 0 aromatic heterocycles. The molecule has 4 heteroatoms. The van der Waals surface area contributed by atoms with Crippen LogP contribution < -0.4 is 0 Å². The fourth-order valence-corrected chi connectivity index (χ4v) is 4.02. The average Bonchev–Trinajstić information content (AvgIpc) is 2.94. The molecule has 0 aromatic rings. The Morgan fingerprint density at radius 1 is 1.04 bits per heavy atom. The summed E-state index contributed by atoms with van der Waals surface area (Å²) in [4.78, 5) is 27.5. The molecule has 2 fully saturated rings. The largest absolute Gasteiger partial charge is 0.376 e. The highest BCUT2D eigenvalue weighted by molar-refractivity contribution is 6.06. The zero-order valence-corrected chi connectivity index (χ0v) is 15.7. The summed E-state index contributed by atoms with van der Waals surface area (Å²) in [6.45, 7) is 18.1. The molecule has 24 heavy (non-hydrogen) atoms. The third-order valence-electron chi connectivity index (χ3n) is 5.32. The molecule has 0 radical (unpaired) electrons. The van der Waals surface area contributed by atoms with E-state index in [1.807, 2.05) is 46.8 Å². The number of hydrogen-bond acceptors (Lipinski definition) is 3. The molecule has 1 saturated carbocycles. The van der Waals surface area contributed by atoms with Gasteiger partial charge in [0.2, 0.25) is 11.8 Å². The van der Waals surface area contributed by atoms with Gasteiger partial charge < -0.3 is 4.74 Å². The zero-order valence-electron chi connectivity index (χ0n) is 15.7. The number of likely N-dealkylation sites (tertiary alicyclic amines) is 1. The summed E-state index contributed by atoms with van der Waals surface area (Å²) >= 11 is 0. The third kappa shape index (κ3) is 3.34. The number of fused-ring (bicyclic) bond motifs is 1. The monoisotopic (exact) mass is 333 g/mol. The Balaban J connectivity index is 2.19. The van der Waals surface area contributed by atoms with Gasteiger partial charge in [-0.05, 0) is 59.3 Å². The lowest BCUT2D eigenvalue weighted by Crippen LogP contribution is -2.50. The molecule has 0 N–H and O–H groups in total. The molecule has 1 heterocycles. The summed E-state index contributed by atoms with van der Waals surface area (Å²) in [6.07, 6.45) is 5.07. The van der Waals surface area contributed by atoms with E-state index in [1.165, 1.54) is 4.90 Å². The standard InChI is InChI=1S/C20H31NO3/c1-8-13-12-14(9-2)16-15(13)17(22)21(18(16)23)20(6,7)10-11-24-19(3,4)5/h8-9,13-16H,1-2,10-12H2,3-7H3. The number of carbonyl (C=O) groups excluding carboxylic acids is 2. The predicted molar refractivity (Wildman–Crippen MR) is 95.2 cm³/mol. The van der Waals surface area contributed by atoms with Crippen LogP contribution in [0.1, 0.15) is 47.5 Å². The van der Waals surface area contributed by atoms with Crippen LogP contribution in [0.2, 0.25) is 0 Å². The summed E-state index contributed by atoms with van der Waals surface area (Å²) in [5, 5.41) is 0. The second-order valence-electron chi connectivity index (χ2n) is 8.62. The molecule has 2 amide bonds. The molecule has 2 aliphatic rings. The summed E-state index contributed by atoms with van der Waals surface area (Å²) in [7, 11) is 0. The first-order chi connectivity index (χ1) is 11.0. The third-order valence-corrected chi connectivity index (χ3v) is 5.32. The van der Waals surface area contributed by atoms with Crippen molar-refractivity contribution in [2.45, 2.75) is 58.6 Å². The van der Waals surface area contributed by atoms with Crippen molar-refractivity contribution < 1.29 is 14.3 Å². The van der Waals surface area contributed by atoms with Crippen LogP contribution in [0.25, 0.3) is 0 Å². The Bertz CT molecular complexity index is 512. The van der Waals surface area contributed by atoms with Crippen LogP contribution in [-0.2, 0) is 14.3 Å². The van der Waals surface area contributed by atoms with E-state index in [2.05, 4.69) is 13.2 Å². The predicted octanol–water partition coefficient (Wildman–Crippen LogP) is 3.58. The Kier molecular flexibility index (Phi) is 5.10. The molecule has 0 spiro atoms. The quantitative estimate of drug-likeness (QED) is 0.551. The number of rotatable bonds is 6. The number of amides is 2. The van der Waals surface area contributed by atoms with Crippen LogP contribution >= 0.6 is 0 Å². The number of hydrogen-bond donors (Lipinski definition) is 0. The van der Waals surface area contributed by atoms with E-state index in [1.54, 1.807) is 0 Å². The van der Waals surface area contributed by atoms with Gasteiger partial charge in [-0.2, -0.15) is 0 Å². The number of allylic oxidation sites excluding steroid dienone is 2. The topological polar surface area (TPSA) is 46.6 Å². The van der Waals surface area contributed by atoms with Crippen molar-refractivity contribution >= 4 is 11.8 Å². The Morgan fingerprint density at radius 3 is 1.88 bits per heavy atom. The van der Waals surface area contributed by atoms with Crippen LogP contribution in [0.15, 0.2) is 25.3 Å². The molecular formula is C20H31NO3. The van der Waals surface area contributed by atoms with Gasteiger partial charge in [-0.3, -0.25) is 14.5 Å². The van der Waals surface area contributed by atoms with Gasteiger partial charge in [0, 0.05) is 12.1 Å². The number of nitrogens with zero attached hydrogens (tertiary/aromatic N) is 1. The van der Waals surface area contributed by atoms with Crippen molar-refractivity contribution in [1.29, 1.82) is 0 Å². The van der Waals surface area contributed by atoms with Crippen LogP contribution in [0, 0.1) is 23.7 Å². The maximum absolute atomic E-state index is 13.0. The van der Waals surface area contributed by atoms with E-state index >= 15 is 0 Å². The maximum atomic E-state index is 13.0. The minimum absolute atomic E-state index is 0.0555. The molecule has 4 atom stereocenters. The molecule has 1 aliphatic heterocycles. The fraction of sp³-hybridized carbons (Fsp3) is 0.700. The van der Waals surface area contributed by atoms with E-state index < -0.39 is 5.54 Å². The molecule has 2 rings (SSSR count). The van der Waals surface area contributed by atoms with Crippen molar-refractivity contribution in [1.82, 2.24) is 4.90 Å². The number of ether oxygens (including phenoxy) is 1. The van der Waals surface area contributed by atoms with Crippen molar-refractivity contribution in [2.75, 3.05) is 6.61 Å². The van der Waals surface area contributed by atoms with Gasteiger partial charge in [-0.1, -0.05) is 12.2 Å². The highest BCUT2D eigenvalue weighted by Gasteiger charge is 2.59. The first kappa shape index (κ1) is 18.9. The summed E-state index contributed by atoms with van der Waals surface area (Å²) in [6, 6.07) is 0. The maximum Gasteiger partial charge on any atom is 0.234 e.